The van der Waals surface area contributed by atoms with Crippen molar-refractivity contribution in [1.82, 2.24) is 10.2 Å². The molecule has 1 aromatic rings. The normalized spacial score (nSPS) is 21.2. The number of nitrogens with zero attached hydrogens (tertiary/aromatic N) is 1. The van der Waals surface area contributed by atoms with E-state index in [1.165, 1.54) is 5.56 Å². The molecule has 1 aliphatic carbocycles. The van der Waals surface area contributed by atoms with Crippen molar-refractivity contribution in [2.24, 2.45) is 17.1 Å². The average Bonchev–Trinajstić information content (AvgIpc) is 3.40. The van der Waals surface area contributed by atoms with Gasteiger partial charge in [-0.3, -0.25) is 9.59 Å². The van der Waals surface area contributed by atoms with Crippen molar-refractivity contribution in [2.45, 2.75) is 32.1 Å². The molecule has 1 aromatic carbocycles. The summed E-state index contributed by atoms with van der Waals surface area (Å²) in [7, 11) is 0. The molecule has 1 unspecified atom stereocenters. The molecule has 1 saturated carbocycles. The number of amides is 2. The van der Waals surface area contributed by atoms with Crippen LogP contribution < -0.4 is 11.1 Å². The van der Waals surface area contributed by atoms with Gasteiger partial charge in [0.25, 0.3) is 0 Å². The van der Waals surface area contributed by atoms with Gasteiger partial charge >= 0.3 is 0 Å². The number of hydrogen-bond acceptors (Lipinski definition) is 3. The molecular weight excluding hydrogens is 338 g/mol. The predicted octanol–water partition coefficient (Wildman–Crippen LogP) is 1.74. The lowest BCUT2D eigenvalue weighted by Crippen LogP contribution is -2.48. The Labute approximate surface area is 155 Å². The largest absolute Gasteiger partial charge is 0.355 e. The summed E-state index contributed by atoms with van der Waals surface area (Å²) in [6, 6.07) is 10.2. The molecule has 1 heterocycles. The third kappa shape index (κ3) is 4.73. The van der Waals surface area contributed by atoms with E-state index < -0.39 is 0 Å². The molecular formula is C19H28ClN3O2. The Morgan fingerprint density at radius 3 is 2.60 bits per heavy atom. The maximum Gasteiger partial charge on any atom is 0.229 e. The Bertz CT molecular complexity index is 590. The van der Waals surface area contributed by atoms with Gasteiger partial charge in [-0.15, -0.1) is 12.4 Å². The van der Waals surface area contributed by atoms with E-state index in [9.17, 15) is 9.59 Å². The first-order valence-electron chi connectivity index (χ1n) is 8.96. The molecule has 0 spiro atoms. The van der Waals surface area contributed by atoms with Crippen LogP contribution in [0.3, 0.4) is 0 Å². The third-order valence-corrected chi connectivity index (χ3v) is 5.22. The van der Waals surface area contributed by atoms with E-state index in [0.29, 0.717) is 19.6 Å². The molecule has 3 N–H and O–H groups in total. The molecule has 1 saturated heterocycles. The van der Waals surface area contributed by atoms with E-state index in [4.69, 9.17) is 5.73 Å². The van der Waals surface area contributed by atoms with E-state index in [1.807, 2.05) is 23.1 Å². The lowest BCUT2D eigenvalue weighted by Gasteiger charge is -2.34. The standard InChI is InChI=1S/C19H27N3O2.ClH/c20-10-11-21-17(23)16-7-4-12-22(14-16)18(24)19(8-9-19)13-15-5-2-1-3-6-15;/h1-3,5-6,16H,4,7-14,20H2,(H,21,23);1H. The molecule has 1 atom stereocenters. The number of rotatable bonds is 6. The second-order valence-corrected chi connectivity index (χ2v) is 7.11. The Morgan fingerprint density at radius 1 is 1.24 bits per heavy atom. The van der Waals surface area contributed by atoms with Gasteiger partial charge in [0.15, 0.2) is 0 Å². The maximum atomic E-state index is 13.0. The fourth-order valence-corrected chi connectivity index (χ4v) is 3.65. The van der Waals surface area contributed by atoms with Crippen LogP contribution in [-0.2, 0) is 16.0 Å². The van der Waals surface area contributed by atoms with Gasteiger partial charge in [-0.1, -0.05) is 30.3 Å². The summed E-state index contributed by atoms with van der Waals surface area (Å²) in [6.07, 6.45) is 4.48. The summed E-state index contributed by atoms with van der Waals surface area (Å²) in [5.74, 6) is 0.176. The highest BCUT2D eigenvalue weighted by atomic mass is 35.5. The molecule has 2 fully saturated rings. The van der Waals surface area contributed by atoms with Crippen molar-refractivity contribution in [3.05, 3.63) is 35.9 Å². The van der Waals surface area contributed by atoms with Gasteiger partial charge in [0.1, 0.15) is 0 Å². The fourth-order valence-electron chi connectivity index (χ4n) is 3.65. The van der Waals surface area contributed by atoms with E-state index in [1.54, 1.807) is 0 Å². The number of likely N-dealkylation sites (tertiary alicyclic amines) is 1. The van der Waals surface area contributed by atoms with Crippen molar-refractivity contribution < 1.29 is 9.59 Å². The molecule has 6 heteroatoms. The summed E-state index contributed by atoms with van der Waals surface area (Å²) in [6.45, 7) is 2.27. The Kier molecular flexibility index (Phi) is 6.85. The molecule has 0 aromatic heterocycles. The molecule has 0 radical (unpaired) electrons. The first-order chi connectivity index (χ1) is 11.6. The van der Waals surface area contributed by atoms with E-state index in [-0.39, 0.29) is 35.6 Å². The van der Waals surface area contributed by atoms with Gasteiger partial charge in [-0.25, -0.2) is 0 Å². The number of carbonyl (C=O) groups excluding carboxylic acids is 2. The lowest BCUT2D eigenvalue weighted by molar-refractivity contribution is -0.140. The Hall–Kier alpha value is -1.59. The number of halogens is 1. The second kappa shape index (κ2) is 8.68. The topological polar surface area (TPSA) is 75.4 Å². The number of carbonyl (C=O) groups is 2. The zero-order valence-electron chi connectivity index (χ0n) is 14.6. The quantitative estimate of drug-likeness (QED) is 0.806. The third-order valence-electron chi connectivity index (χ3n) is 5.22. The zero-order chi connectivity index (χ0) is 17.0. The van der Waals surface area contributed by atoms with Crippen LogP contribution in [0.25, 0.3) is 0 Å². The highest BCUT2D eigenvalue weighted by molar-refractivity contribution is 5.87. The molecule has 2 amide bonds. The molecule has 3 rings (SSSR count). The number of benzene rings is 1. The van der Waals surface area contributed by atoms with Gasteiger partial charge in [0.05, 0.1) is 11.3 Å². The molecule has 0 bridgehead atoms. The van der Waals surface area contributed by atoms with Crippen LogP contribution in [-0.4, -0.2) is 42.9 Å². The highest BCUT2D eigenvalue weighted by Gasteiger charge is 2.52. The van der Waals surface area contributed by atoms with Crippen LogP contribution in [0, 0.1) is 11.3 Å². The van der Waals surface area contributed by atoms with Crippen LogP contribution in [0.5, 0.6) is 0 Å². The number of nitrogens with two attached hydrogens (primary N) is 1. The summed E-state index contributed by atoms with van der Waals surface area (Å²) in [4.78, 5) is 27.1. The molecule has 5 nitrogen and oxygen atoms in total. The molecule has 138 valence electrons. The first-order valence-corrected chi connectivity index (χ1v) is 8.96. The monoisotopic (exact) mass is 365 g/mol. The SMILES string of the molecule is Cl.NCCNC(=O)C1CCCN(C(=O)C2(Cc3ccccc3)CC2)C1. The lowest BCUT2D eigenvalue weighted by atomic mass is 9.91. The fraction of sp³-hybridized carbons (Fsp3) is 0.579. The molecule has 2 aliphatic rings. The summed E-state index contributed by atoms with van der Waals surface area (Å²) in [5, 5.41) is 2.85. The first kappa shape index (κ1) is 19.7. The summed E-state index contributed by atoms with van der Waals surface area (Å²) in [5.41, 5.74) is 6.44. The summed E-state index contributed by atoms with van der Waals surface area (Å²) < 4.78 is 0. The van der Waals surface area contributed by atoms with Crippen LogP contribution >= 0.6 is 12.4 Å². The molecule has 25 heavy (non-hydrogen) atoms. The zero-order valence-corrected chi connectivity index (χ0v) is 15.4. The minimum Gasteiger partial charge on any atom is -0.355 e. The maximum absolute atomic E-state index is 13.0. The predicted molar refractivity (Wildman–Crippen MR) is 100 cm³/mol. The van der Waals surface area contributed by atoms with Crippen LogP contribution in [0.15, 0.2) is 30.3 Å². The van der Waals surface area contributed by atoms with Crippen molar-refractivity contribution >= 4 is 24.2 Å². The van der Waals surface area contributed by atoms with Crippen molar-refractivity contribution in [3.8, 4) is 0 Å². The van der Waals surface area contributed by atoms with Gasteiger partial charge in [-0.2, -0.15) is 0 Å². The molecule has 1 aliphatic heterocycles. The van der Waals surface area contributed by atoms with Crippen molar-refractivity contribution in [2.75, 3.05) is 26.2 Å². The Balaban J connectivity index is 0.00000225. The van der Waals surface area contributed by atoms with E-state index in [2.05, 4.69) is 17.4 Å². The Morgan fingerprint density at radius 2 is 1.96 bits per heavy atom. The number of nitrogens with one attached hydrogen (secondary N) is 1. The van der Waals surface area contributed by atoms with Crippen LogP contribution in [0.2, 0.25) is 0 Å². The second-order valence-electron chi connectivity index (χ2n) is 7.11. The van der Waals surface area contributed by atoms with Gasteiger partial charge in [-0.05, 0) is 37.7 Å². The summed E-state index contributed by atoms with van der Waals surface area (Å²) >= 11 is 0. The van der Waals surface area contributed by atoms with E-state index >= 15 is 0 Å². The average molecular weight is 366 g/mol. The van der Waals surface area contributed by atoms with Gasteiger partial charge < -0.3 is 16.0 Å². The highest BCUT2D eigenvalue weighted by Crippen LogP contribution is 2.50. The number of piperidine rings is 1. The minimum absolute atomic E-state index is 0. The van der Waals surface area contributed by atoms with Gasteiger partial charge in [0.2, 0.25) is 11.8 Å². The van der Waals surface area contributed by atoms with Crippen molar-refractivity contribution in [3.63, 3.8) is 0 Å². The smallest absolute Gasteiger partial charge is 0.229 e. The number of hydrogen-bond donors (Lipinski definition) is 2. The van der Waals surface area contributed by atoms with Crippen LogP contribution in [0.4, 0.5) is 0 Å². The van der Waals surface area contributed by atoms with Crippen molar-refractivity contribution in [1.29, 1.82) is 0 Å². The van der Waals surface area contributed by atoms with E-state index in [0.717, 1.165) is 38.6 Å². The minimum atomic E-state index is -0.225. The van der Waals surface area contributed by atoms with Crippen LogP contribution in [0.1, 0.15) is 31.2 Å². The van der Waals surface area contributed by atoms with Gasteiger partial charge in [0, 0.05) is 26.2 Å².